The van der Waals surface area contributed by atoms with Crippen molar-refractivity contribution in [3.63, 3.8) is 0 Å². The lowest BCUT2D eigenvalue weighted by Crippen LogP contribution is -2.43. The fourth-order valence-corrected chi connectivity index (χ4v) is 2.75. The molecular weight excluding hydrogens is 224 g/mol. The summed E-state index contributed by atoms with van der Waals surface area (Å²) in [7, 11) is -1.66. The van der Waals surface area contributed by atoms with Crippen molar-refractivity contribution in [1.82, 2.24) is 0 Å². The van der Waals surface area contributed by atoms with Gasteiger partial charge >= 0.3 is 0 Å². The van der Waals surface area contributed by atoms with E-state index in [4.69, 9.17) is 4.43 Å². The Morgan fingerprint density at radius 3 is 2.29 bits per heavy atom. The third-order valence-electron chi connectivity index (χ3n) is 3.65. The summed E-state index contributed by atoms with van der Waals surface area (Å²) in [5.41, 5.74) is 2.89. The molecule has 0 heterocycles. The van der Waals surface area contributed by atoms with Crippen molar-refractivity contribution in [3.8, 4) is 0 Å². The minimum absolute atomic E-state index is 0.208. The van der Waals surface area contributed by atoms with E-state index in [0.29, 0.717) is 0 Å². The van der Waals surface area contributed by atoms with Crippen LogP contribution < -0.4 is 0 Å². The average molecular weight is 254 g/mol. The Kier molecular flexibility index (Phi) is 7.07. The van der Waals surface area contributed by atoms with Gasteiger partial charge in [-0.2, -0.15) is 0 Å². The van der Waals surface area contributed by atoms with Gasteiger partial charge in [-0.3, -0.25) is 0 Å². The standard InChI is InChI=1S/C15H30OSi/c1-8-10-11-13-14(12-9-2)16-17(6,7)15(3,4)5/h12,14H,2,8,10-11,13H2,1,3-7H3/t14-/m1/s1. The maximum atomic E-state index is 6.37. The zero-order chi connectivity index (χ0) is 13.5. The highest BCUT2D eigenvalue weighted by molar-refractivity contribution is 6.74. The molecule has 0 aromatic carbocycles. The predicted molar refractivity (Wildman–Crippen MR) is 79.9 cm³/mol. The fourth-order valence-electron chi connectivity index (χ4n) is 1.46. The minimum Gasteiger partial charge on any atom is -0.410 e. The molecule has 0 spiro atoms. The van der Waals surface area contributed by atoms with Crippen LogP contribution in [0.15, 0.2) is 18.4 Å². The normalized spacial score (nSPS) is 14.2. The Morgan fingerprint density at radius 2 is 1.88 bits per heavy atom. The molecule has 0 bridgehead atoms. The molecule has 0 unspecified atom stereocenters. The molecule has 0 aliphatic carbocycles. The van der Waals surface area contributed by atoms with Gasteiger partial charge in [0, 0.05) is 0 Å². The van der Waals surface area contributed by atoms with Crippen LogP contribution in [0.25, 0.3) is 0 Å². The first-order chi connectivity index (χ1) is 7.74. The van der Waals surface area contributed by atoms with Crippen LogP contribution in [0.5, 0.6) is 0 Å². The summed E-state index contributed by atoms with van der Waals surface area (Å²) < 4.78 is 6.37. The van der Waals surface area contributed by atoms with Crippen molar-refractivity contribution in [2.75, 3.05) is 0 Å². The number of rotatable bonds is 7. The van der Waals surface area contributed by atoms with Crippen molar-refractivity contribution >= 4 is 8.32 Å². The molecule has 0 saturated heterocycles. The molecule has 100 valence electrons. The van der Waals surface area contributed by atoms with Gasteiger partial charge in [-0.05, 0) is 30.6 Å². The van der Waals surface area contributed by atoms with Crippen LogP contribution in [0, 0.1) is 0 Å². The van der Waals surface area contributed by atoms with Crippen molar-refractivity contribution in [2.24, 2.45) is 0 Å². The molecule has 1 nitrogen and oxygen atoms in total. The molecule has 0 aromatic rings. The van der Waals surface area contributed by atoms with Crippen LogP contribution in [-0.4, -0.2) is 14.4 Å². The molecule has 0 fully saturated rings. The minimum atomic E-state index is -1.66. The second-order valence-corrected chi connectivity index (χ2v) is 11.0. The summed E-state index contributed by atoms with van der Waals surface area (Å²) >= 11 is 0. The Hall–Kier alpha value is -0.303. The van der Waals surface area contributed by atoms with Gasteiger partial charge in [0.2, 0.25) is 0 Å². The van der Waals surface area contributed by atoms with Crippen LogP contribution in [0.1, 0.15) is 53.4 Å². The Labute approximate surface area is 109 Å². The van der Waals surface area contributed by atoms with E-state index < -0.39 is 8.32 Å². The Morgan fingerprint density at radius 1 is 1.29 bits per heavy atom. The molecule has 1 atom stereocenters. The first-order valence-corrected chi connectivity index (χ1v) is 9.69. The van der Waals surface area contributed by atoms with E-state index in [1.165, 1.54) is 19.3 Å². The SMILES string of the molecule is C=C=C[C@H](CCCCC)O[Si](C)(C)C(C)(C)C. The van der Waals surface area contributed by atoms with E-state index in [-0.39, 0.29) is 11.1 Å². The molecule has 0 N–H and O–H groups in total. The van der Waals surface area contributed by atoms with Crippen LogP contribution in [0.2, 0.25) is 18.1 Å². The predicted octanol–water partition coefficient (Wildman–Crippen LogP) is 5.30. The van der Waals surface area contributed by atoms with E-state index >= 15 is 0 Å². The molecule has 0 rings (SSSR count). The fraction of sp³-hybridized carbons (Fsp3) is 0.800. The summed E-state index contributed by atoms with van der Waals surface area (Å²) in [6, 6.07) is 0. The van der Waals surface area contributed by atoms with E-state index in [1.807, 2.05) is 6.08 Å². The number of unbranched alkanes of at least 4 members (excludes halogenated alkanes) is 2. The first-order valence-electron chi connectivity index (χ1n) is 6.78. The Balaban J connectivity index is 4.48. The highest BCUT2D eigenvalue weighted by Crippen LogP contribution is 2.37. The smallest absolute Gasteiger partial charge is 0.192 e. The van der Waals surface area contributed by atoms with Crippen LogP contribution in [-0.2, 0) is 4.43 Å². The summed E-state index contributed by atoms with van der Waals surface area (Å²) in [4.78, 5) is 0. The molecule has 0 saturated carbocycles. The molecule has 0 amide bonds. The molecule has 0 aliphatic rings. The highest BCUT2D eigenvalue weighted by Gasteiger charge is 2.38. The molecule has 0 aromatic heterocycles. The lowest BCUT2D eigenvalue weighted by Gasteiger charge is -2.38. The summed E-state index contributed by atoms with van der Waals surface area (Å²) in [6.07, 6.45) is 7.07. The van der Waals surface area contributed by atoms with Gasteiger partial charge in [-0.1, -0.05) is 53.5 Å². The first kappa shape index (κ1) is 16.7. The summed E-state index contributed by atoms with van der Waals surface area (Å²) in [5, 5.41) is 0.269. The second kappa shape index (κ2) is 7.20. The van der Waals surface area contributed by atoms with Crippen LogP contribution in [0.4, 0.5) is 0 Å². The molecular formula is C15H30OSi. The van der Waals surface area contributed by atoms with Crippen LogP contribution in [0.3, 0.4) is 0 Å². The summed E-state index contributed by atoms with van der Waals surface area (Å²) in [5.74, 6) is 0. The molecule has 0 radical (unpaired) electrons. The second-order valence-electron chi connectivity index (χ2n) is 6.28. The zero-order valence-corrected chi connectivity index (χ0v) is 13.6. The maximum Gasteiger partial charge on any atom is 0.192 e. The van der Waals surface area contributed by atoms with Crippen LogP contribution >= 0.6 is 0 Å². The summed E-state index contributed by atoms with van der Waals surface area (Å²) in [6.45, 7) is 17.3. The van der Waals surface area contributed by atoms with E-state index in [2.05, 4.69) is 53.1 Å². The van der Waals surface area contributed by atoms with Gasteiger partial charge in [0.15, 0.2) is 8.32 Å². The highest BCUT2D eigenvalue weighted by atomic mass is 28.4. The molecule has 0 aliphatic heterocycles. The molecule has 2 heteroatoms. The van der Waals surface area contributed by atoms with Gasteiger partial charge in [-0.25, -0.2) is 0 Å². The monoisotopic (exact) mass is 254 g/mol. The Bertz CT molecular complexity index is 257. The van der Waals surface area contributed by atoms with Gasteiger partial charge in [0.25, 0.3) is 0 Å². The zero-order valence-electron chi connectivity index (χ0n) is 12.6. The van der Waals surface area contributed by atoms with Crippen molar-refractivity contribution in [1.29, 1.82) is 0 Å². The topological polar surface area (TPSA) is 9.23 Å². The van der Waals surface area contributed by atoms with Crippen molar-refractivity contribution in [3.05, 3.63) is 18.4 Å². The van der Waals surface area contributed by atoms with Gasteiger partial charge in [0.05, 0.1) is 6.10 Å². The van der Waals surface area contributed by atoms with Crippen molar-refractivity contribution < 1.29 is 4.43 Å². The average Bonchev–Trinajstić information content (AvgIpc) is 2.16. The maximum absolute atomic E-state index is 6.37. The largest absolute Gasteiger partial charge is 0.410 e. The van der Waals surface area contributed by atoms with E-state index in [9.17, 15) is 0 Å². The van der Waals surface area contributed by atoms with Gasteiger partial charge in [0.1, 0.15) is 0 Å². The third kappa shape index (κ3) is 6.26. The van der Waals surface area contributed by atoms with E-state index in [1.54, 1.807) is 0 Å². The van der Waals surface area contributed by atoms with Gasteiger partial charge < -0.3 is 4.43 Å². The third-order valence-corrected chi connectivity index (χ3v) is 8.15. The number of hydrogen-bond donors (Lipinski definition) is 0. The number of hydrogen-bond acceptors (Lipinski definition) is 1. The van der Waals surface area contributed by atoms with Gasteiger partial charge in [-0.15, -0.1) is 5.73 Å². The molecule has 17 heavy (non-hydrogen) atoms. The van der Waals surface area contributed by atoms with E-state index in [0.717, 1.165) is 6.42 Å². The quantitative estimate of drug-likeness (QED) is 0.340. The lowest BCUT2D eigenvalue weighted by atomic mass is 10.1. The van der Waals surface area contributed by atoms with Crippen molar-refractivity contribution in [2.45, 2.75) is 77.6 Å². The lowest BCUT2D eigenvalue weighted by molar-refractivity contribution is 0.211.